The zero-order valence-electron chi connectivity index (χ0n) is 10.9. The van der Waals surface area contributed by atoms with Crippen LogP contribution in [0, 0.1) is 12.7 Å². The lowest BCUT2D eigenvalue weighted by Crippen LogP contribution is -2.28. The molecule has 0 saturated heterocycles. The van der Waals surface area contributed by atoms with Crippen LogP contribution in [0.2, 0.25) is 0 Å². The molecule has 0 aromatic heterocycles. The number of sulfonamides is 1. The molecule has 18 heavy (non-hydrogen) atoms. The average Bonchev–Trinajstić information content (AvgIpc) is 2.32. The summed E-state index contributed by atoms with van der Waals surface area (Å²) in [6, 6.07) is 2.65. The molecular weight excluding hydrogens is 255 g/mol. The zero-order valence-corrected chi connectivity index (χ0v) is 11.7. The summed E-state index contributed by atoms with van der Waals surface area (Å²) in [5, 5.41) is 0. The fraction of sp³-hybridized carbons (Fsp3) is 0.500. The first-order chi connectivity index (χ1) is 8.34. The molecule has 1 aromatic carbocycles. The van der Waals surface area contributed by atoms with Crippen LogP contribution in [-0.2, 0) is 16.6 Å². The SMILES string of the molecule is CCCN(C)S(=O)(=O)c1cc(C)c(F)c(CN)c1. The van der Waals surface area contributed by atoms with Gasteiger partial charge in [0.25, 0.3) is 0 Å². The summed E-state index contributed by atoms with van der Waals surface area (Å²) in [4.78, 5) is 0.0952. The summed E-state index contributed by atoms with van der Waals surface area (Å²) in [7, 11) is -2.05. The van der Waals surface area contributed by atoms with Crippen LogP contribution in [0.5, 0.6) is 0 Å². The minimum absolute atomic E-state index is 0.0203. The zero-order chi connectivity index (χ0) is 13.9. The number of hydrogen-bond donors (Lipinski definition) is 1. The highest BCUT2D eigenvalue weighted by atomic mass is 32.2. The Balaban J connectivity index is 3.29. The molecule has 0 heterocycles. The highest BCUT2D eigenvalue weighted by Gasteiger charge is 2.22. The van der Waals surface area contributed by atoms with Crippen molar-refractivity contribution in [1.29, 1.82) is 0 Å². The van der Waals surface area contributed by atoms with Crippen molar-refractivity contribution in [2.75, 3.05) is 13.6 Å². The van der Waals surface area contributed by atoms with E-state index in [2.05, 4.69) is 0 Å². The van der Waals surface area contributed by atoms with Crippen molar-refractivity contribution in [1.82, 2.24) is 4.31 Å². The molecular formula is C12H19FN2O2S. The van der Waals surface area contributed by atoms with Gasteiger partial charge < -0.3 is 5.73 Å². The predicted molar refractivity (Wildman–Crippen MR) is 69.1 cm³/mol. The lowest BCUT2D eigenvalue weighted by Gasteiger charge is -2.17. The van der Waals surface area contributed by atoms with Gasteiger partial charge in [0.2, 0.25) is 10.0 Å². The van der Waals surface area contributed by atoms with Crippen LogP contribution in [-0.4, -0.2) is 26.3 Å². The smallest absolute Gasteiger partial charge is 0.242 e. The van der Waals surface area contributed by atoms with Crippen LogP contribution in [0.1, 0.15) is 24.5 Å². The molecule has 0 amide bonds. The molecule has 0 unspecified atom stereocenters. The van der Waals surface area contributed by atoms with E-state index in [-0.39, 0.29) is 17.0 Å². The van der Waals surface area contributed by atoms with Crippen molar-refractivity contribution >= 4 is 10.0 Å². The molecule has 0 aliphatic carbocycles. The fourth-order valence-corrected chi connectivity index (χ4v) is 3.12. The van der Waals surface area contributed by atoms with Crippen LogP contribution in [0.15, 0.2) is 17.0 Å². The van der Waals surface area contributed by atoms with Crippen LogP contribution < -0.4 is 5.73 Å². The van der Waals surface area contributed by atoms with E-state index in [0.717, 1.165) is 6.42 Å². The summed E-state index contributed by atoms with van der Waals surface area (Å²) in [5.74, 6) is -0.436. The van der Waals surface area contributed by atoms with Crippen molar-refractivity contribution in [2.45, 2.75) is 31.7 Å². The highest BCUT2D eigenvalue weighted by Crippen LogP contribution is 2.21. The Labute approximate surface area is 108 Å². The molecule has 1 rings (SSSR count). The minimum atomic E-state index is -3.56. The molecule has 0 fully saturated rings. The van der Waals surface area contributed by atoms with E-state index in [0.29, 0.717) is 12.1 Å². The summed E-state index contributed by atoms with van der Waals surface area (Å²) in [6.45, 7) is 3.84. The molecule has 0 spiro atoms. The van der Waals surface area contributed by atoms with Crippen LogP contribution in [0.3, 0.4) is 0 Å². The lowest BCUT2D eigenvalue weighted by molar-refractivity contribution is 0.468. The summed E-state index contributed by atoms with van der Waals surface area (Å²) >= 11 is 0. The predicted octanol–water partition coefficient (Wildman–Crippen LogP) is 1.62. The number of benzene rings is 1. The molecule has 0 radical (unpaired) electrons. The number of hydrogen-bond acceptors (Lipinski definition) is 3. The third kappa shape index (κ3) is 2.88. The first-order valence-corrected chi connectivity index (χ1v) is 7.24. The van der Waals surface area contributed by atoms with E-state index < -0.39 is 15.8 Å². The van der Waals surface area contributed by atoms with Crippen molar-refractivity contribution in [2.24, 2.45) is 5.73 Å². The van der Waals surface area contributed by atoms with Gasteiger partial charge >= 0.3 is 0 Å². The molecule has 0 aliphatic heterocycles. The maximum absolute atomic E-state index is 13.6. The maximum atomic E-state index is 13.6. The first kappa shape index (κ1) is 15.1. The van der Waals surface area contributed by atoms with Gasteiger partial charge in [-0.15, -0.1) is 0 Å². The molecule has 6 heteroatoms. The quantitative estimate of drug-likeness (QED) is 0.887. The van der Waals surface area contributed by atoms with E-state index in [1.54, 1.807) is 0 Å². The third-order valence-corrected chi connectivity index (χ3v) is 4.60. The Hall–Kier alpha value is -0.980. The topological polar surface area (TPSA) is 63.4 Å². The normalized spacial score (nSPS) is 12.1. The molecule has 2 N–H and O–H groups in total. The molecule has 0 atom stereocenters. The minimum Gasteiger partial charge on any atom is -0.326 e. The Bertz CT molecular complexity index is 529. The number of nitrogens with two attached hydrogens (primary N) is 1. The van der Waals surface area contributed by atoms with Crippen molar-refractivity contribution in [3.8, 4) is 0 Å². The molecule has 0 aliphatic rings. The Kier molecular flexibility index (Phi) is 4.84. The lowest BCUT2D eigenvalue weighted by atomic mass is 10.1. The average molecular weight is 274 g/mol. The summed E-state index contributed by atoms with van der Waals surface area (Å²) < 4.78 is 39.3. The van der Waals surface area contributed by atoms with Gasteiger partial charge in [0.05, 0.1) is 4.90 Å². The van der Waals surface area contributed by atoms with Gasteiger partial charge in [-0.1, -0.05) is 6.92 Å². The molecule has 1 aromatic rings. The van der Waals surface area contributed by atoms with Crippen LogP contribution >= 0.6 is 0 Å². The number of halogens is 1. The van der Waals surface area contributed by atoms with Gasteiger partial charge in [0.15, 0.2) is 0 Å². The first-order valence-electron chi connectivity index (χ1n) is 5.80. The monoisotopic (exact) mass is 274 g/mol. The maximum Gasteiger partial charge on any atom is 0.242 e. The number of nitrogens with zero attached hydrogens (tertiary/aromatic N) is 1. The van der Waals surface area contributed by atoms with Gasteiger partial charge in [-0.3, -0.25) is 0 Å². The fourth-order valence-electron chi connectivity index (χ4n) is 1.72. The van der Waals surface area contributed by atoms with E-state index in [1.165, 1.54) is 30.4 Å². The van der Waals surface area contributed by atoms with Crippen molar-refractivity contribution < 1.29 is 12.8 Å². The standard InChI is InChI=1S/C12H19FN2O2S/c1-4-5-15(3)18(16,17)11-6-9(2)12(13)10(7-11)8-14/h6-7H,4-5,8,14H2,1-3H3. The summed E-state index contributed by atoms with van der Waals surface area (Å²) in [5.41, 5.74) is 5.93. The van der Waals surface area contributed by atoms with E-state index in [4.69, 9.17) is 5.73 Å². The molecule has 0 saturated carbocycles. The van der Waals surface area contributed by atoms with Crippen LogP contribution in [0.25, 0.3) is 0 Å². The Morgan fingerprint density at radius 1 is 1.39 bits per heavy atom. The van der Waals surface area contributed by atoms with Gasteiger partial charge in [-0.05, 0) is 31.0 Å². The number of aryl methyl sites for hydroxylation is 1. The van der Waals surface area contributed by atoms with Crippen molar-refractivity contribution in [3.63, 3.8) is 0 Å². The molecule has 102 valence electrons. The number of rotatable bonds is 5. The summed E-state index contributed by atoms with van der Waals surface area (Å²) in [6.07, 6.45) is 0.722. The third-order valence-electron chi connectivity index (χ3n) is 2.77. The highest BCUT2D eigenvalue weighted by molar-refractivity contribution is 7.89. The second kappa shape index (κ2) is 5.77. The van der Waals surface area contributed by atoms with E-state index in [1.807, 2.05) is 6.92 Å². The molecule has 0 bridgehead atoms. The second-order valence-electron chi connectivity index (χ2n) is 4.24. The van der Waals surface area contributed by atoms with Gasteiger partial charge in [-0.25, -0.2) is 17.1 Å². The van der Waals surface area contributed by atoms with Gasteiger partial charge in [0, 0.05) is 25.7 Å². The van der Waals surface area contributed by atoms with Crippen LogP contribution in [0.4, 0.5) is 4.39 Å². The second-order valence-corrected chi connectivity index (χ2v) is 6.29. The largest absolute Gasteiger partial charge is 0.326 e. The molecule has 4 nitrogen and oxygen atoms in total. The Morgan fingerprint density at radius 3 is 2.50 bits per heavy atom. The van der Waals surface area contributed by atoms with Gasteiger partial charge in [0.1, 0.15) is 5.82 Å². The van der Waals surface area contributed by atoms with E-state index >= 15 is 0 Å². The van der Waals surface area contributed by atoms with Crippen molar-refractivity contribution in [3.05, 3.63) is 29.1 Å². The Morgan fingerprint density at radius 2 is 2.00 bits per heavy atom. The van der Waals surface area contributed by atoms with Gasteiger partial charge in [-0.2, -0.15) is 0 Å². The van der Waals surface area contributed by atoms with E-state index in [9.17, 15) is 12.8 Å².